The molecule has 0 spiro atoms. The van der Waals surface area contributed by atoms with Gasteiger partial charge in [-0.1, -0.05) is 13.8 Å². The third-order valence-electron chi connectivity index (χ3n) is 2.71. The van der Waals surface area contributed by atoms with Crippen molar-refractivity contribution >= 4 is 11.9 Å². The average Bonchev–Trinajstić information content (AvgIpc) is 2.34. The number of esters is 2. The van der Waals surface area contributed by atoms with E-state index in [1.54, 1.807) is 0 Å². The van der Waals surface area contributed by atoms with Crippen molar-refractivity contribution in [3.8, 4) is 0 Å². The second-order valence-electron chi connectivity index (χ2n) is 5.06. The fourth-order valence-electron chi connectivity index (χ4n) is 1.82. The van der Waals surface area contributed by atoms with Crippen LogP contribution in [0.5, 0.6) is 0 Å². The summed E-state index contributed by atoms with van der Waals surface area (Å²) in [5.41, 5.74) is -1.74. The van der Waals surface area contributed by atoms with Crippen molar-refractivity contribution in [1.82, 2.24) is 0 Å². The first-order valence-corrected chi connectivity index (χ1v) is 5.47. The zero-order valence-corrected chi connectivity index (χ0v) is 10.5. The molecule has 2 unspecified atom stereocenters. The van der Waals surface area contributed by atoms with Crippen LogP contribution in [0.15, 0.2) is 0 Å². The van der Waals surface area contributed by atoms with Gasteiger partial charge in [-0.25, -0.2) is 4.79 Å². The van der Waals surface area contributed by atoms with Crippen LogP contribution in [-0.4, -0.2) is 29.8 Å². The Balaban J connectivity index is 3.01. The molecule has 0 radical (unpaired) electrons. The minimum Gasteiger partial charge on any atom is -0.456 e. The van der Waals surface area contributed by atoms with Crippen molar-refractivity contribution in [2.45, 2.75) is 45.6 Å². The van der Waals surface area contributed by atoms with Crippen molar-refractivity contribution in [3.05, 3.63) is 0 Å². The molecule has 0 N–H and O–H groups in total. The van der Waals surface area contributed by atoms with Crippen LogP contribution in [-0.2, 0) is 19.1 Å². The Morgan fingerprint density at radius 1 is 1.39 bits per heavy atom. The van der Waals surface area contributed by atoms with Crippen LogP contribution >= 0.6 is 0 Å². The highest BCUT2D eigenvalue weighted by Gasteiger charge is 2.64. The molecule has 0 aromatic heterocycles. The van der Waals surface area contributed by atoms with Gasteiger partial charge in [-0.3, -0.25) is 4.79 Å². The van der Waals surface area contributed by atoms with E-state index in [4.69, 9.17) is 0 Å². The summed E-state index contributed by atoms with van der Waals surface area (Å²) >= 11 is 0. The highest BCUT2D eigenvalue weighted by molar-refractivity contribution is 5.82. The lowest BCUT2D eigenvalue weighted by Gasteiger charge is -2.28. The predicted molar refractivity (Wildman–Crippen MR) is 54.4 cm³/mol. The molecule has 104 valence electrons. The van der Waals surface area contributed by atoms with E-state index < -0.39 is 41.7 Å². The summed E-state index contributed by atoms with van der Waals surface area (Å²) in [6.45, 7) is 5.23. The molecule has 1 heterocycles. The molecular weight excluding hydrogens is 253 g/mol. The van der Waals surface area contributed by atoms with E-state index in [1.807, 2.05) is 0 Å². The number of carbonyl (C=O) groups is 2. The van der Waals surface area contributed by atoms with Crippen molar-refractivity contribution in [2.75, 3.05) is 0 Å². The molecule has 7 heteroatoms. The van der Waals surface area contributed by atoms with E-state index in [0.717, 1.165) is 13.8 Å². The van der Waals surface area contributed by atoms with Crippen LogP contribution in [0.25, 0.3) is 0 Å². The van der Waals surface area contributed by atoms with Crippen molar-refractivity contribution < 1.29 is 32.2 Å². The molecule has 4 nitrogen and oxygen atoms in total. The summed E-state index contributed by atoms with van der Waals surface area (Å²) in [7, 11) is 0. The third kappa shape index (κ3) is 2.76. The molecule has 1 aliphatic heterocycles. The minimum absolute atomic E-state index is 0.615. The number of hydrogen-bond donors (Lipinski definition) is 0. The van der Waals surface area contributed by atoms with E-state index in [0.29, 0.717) is 0 Å². The van der Waals surface area contributed by atoms with Gasteiger partial charge in [0.15, 0.2) is 0 Å². The van der Waals surface area contributed by atoms with Gasteiger partial charge in [0.2, 0.25) is 6.10 Å². The molecule has 18 heavy (non-hydrogen) atoms. The van der Waals surface area contributed by atoms with Gasteiger partial charge in [0.05, 0.1) is 5.92 Å². The van der Waals surface area contributed by atoms with Crippen molar-refractivity contribution in [2.24, 2.45) is 11.8 Å². The van der Waals surface area contributed by atoms with Crippen LogP contribution in [0.2, 0.25) is 0 Å². The van der Waals surface area contributed by atoms with Gasteiger partial charge >= 0.3 is 18.1 Å². The highest BCUT2D eigenvalue weighted by atomic mass is 19.4. The van der Waals surface area contributed by atoms with Gasteiger partial charge in [-0.05, 0) is 13.8 Å². The number of ether oxygens (including phenoxy) is 2. The first-order chi connectivity index (χ1) is 7.97. The molecular formula is C11H15F3O4. The number of alkyl halides is 3. The Hall–Kier alpha value is -1.27. The molecule has 0 aliphatic carbocycles. The van der Waals surface area contributed by atoms with E-state index in [-0.39, 0.29) is 0 Å². The van der Waals surface area contributed by atoms with Gasteiger partial charge < -0.3 is 9.47 Å². The quantitative estimate of drug-likeness (QED) is 0.719. The first-order valence-electron chi connectivity index (χ1n) is 5.47. The lowest BCUT2D eigenvalue weighted by Crippen LogP contribution is -2.45. The van der Waals surface area contributed by atoms with Crippen LogP contribution in [0.3, 0.4) is 0 Å². The number of rotatable bonds is 2. The van der Waals surface area contributed by atoms with Crippen molar-refractivity contribution in [3.63, 3.8) is 0 Å². The number of cyclic esters (lactones) is 1. The molecule has 1 saturated heterocycles. The molecule has 0 bridgehead atoms. The van der Waals surface area contributed by atoms with Gasteiger partial charge in [0.1, 0.15) is 11.5 Å². The molecule has 1 fully saturated rings. The van der Waals surface area contributed by atoms with Gasteiger partial charge in [-0.2, -0.15) is 13.2 Å². The predicted octanol–water partition coefficient (Wildman–Crippen LogP) is 2.07. The number of carbonyl (C=O) groups excluding carboxylic acids is 2. The van der Waals surface area contributed by atoms with Gasteiger partial charge in [-0.15, -0.1) is 0 Å². The van der Waals surface area contributed by atoms with E-state index in [1.165, 1.54) is 13.8 Å². The van der Waals surface area contributed by atoms with Crippen LogP contribution in [0, 0.1) is 11.8 Å². The summed E-state index contributed by atoms with van der Waals surface area (Å²) in [5, 5.41) is 0. The van der Waals surface area contributed by atoms with Gasteiger partial charge in [0.25, 0.3) is 0 Å². The minimum atomic E-state index is -4.68. The van der Waals surface area contributed by atoms with E-state index in [2.05, 4.69) is 9.47 Å². The van der Waals surface area contributed by atoms with Crippen molar-refractivity contribution in [1.29, 1.82) is 0 Å². The summed E-state index contributed by atoms with van der Waals surface area (Å²) in [6, 6.07) is 0. The molecule has 2 atom stereocenters. The summed E-state index contributed by atoms with van der Waals surface area (Å²) in [5.74, 6) is -4.78. The zero-order valence-electron chi connectivity index (χ0n) is 10.5. The normalized spacial score (nSPS) is 27.2. The second kappa shape index (κ2) is 4.44. The fourth-order valence-corrected chi connectivity index (χ4v) is 1.82. The van der Waals surface area contributed by atoms with Crippen LogP contribution in [0.1, 0.15) is 27.7 Å². The Kier molecular flexibility index (Phi) is 3.65. The maximum absolute atomic E-state index is 12.9. The molecule has 0 saturated carbocycles. The highest BCUT2D eigenvalue weighted by Crippen LogP contribution is 2.45. The molecule has 0 amide bonds. The second-order valence-corrected chi connectivity index (χ2v) is 5.06. The van der Waals surface area contributed by atoms with Crippen LogP contribution < -0.4 is 0 Å². The number of hydrogen-bond acceptors (Lipinski definition) is 4. The average molecular weight is 268 g/mol. The van der Waals surface area contributed by atoms with E-state index >= 15 is 0 Å². The topological polar surface area (TPSA) is 52.6 Å². The smallest absolute Gasteiger partial charge is 0.399 e. The van der Waals surface area contributed by atoms with Gasteiger partial charge in [0, 0.05) is 0 Å². The Morgan fingerprint density at radius 2 is 1.89 bits per heavy atom. The SMILES string of the molecule is CC(C)C(=O)OC1C(=O)OC(C)(C)C1C(F)(F)F. The third-order valence-corrected chi connectivity index (χ3v) is 2.71. The maximum Gasteiger partial charge on any atom is 0.399 e. The maximum atomic E-state index is 12.9. The fraction of sp³-hybridized carbons (Fsp3) is 0.818. The summed E-state index contributed by atoms with van der Waals surface area (Å²) in [6.07, 6.45) is -6.60. The molecule has 1 rings (SSSR count). The summed E-state index contributed by atoms with van der Waals surface area (Å²) in [4.78, 5) is 22.7. The Morgan fingerprint density at radius 3 is 2.28 bits per heavy atom. The lowest BCUT2D eigenvalue weighted by molar-refractivity contribution is -0.221. The molecule has 0 aromatic carbocycles. The number of halogens is 3. The zero-order chi connectivity index (χ0) is 14.3. The van der Waals surface area contributed by atoms with Crippen LogP contribution in [0.4, 0.5) is 13.2 Å². The lowest BCUT2D eigenvalue weighted by atomic mass is 9.88. The summed E-state index contributed by atoms with van der Waals surface area (Å²) < 4.78 is 48.0. The largest absolute Gasteiger partial charge is 0.456 e. The monoisotopic (exact) mass is 268 g/mol. The first kappa shape index (κ1) is 14.8. The molecule has 0 aromatic rings. The Labute approximate surface area is 102 Å². The Bertz CT molecular complexity index is 360. The molecule has 1 aliphatic rings. The van der Waals surface area contributed by atoms with E-state index in [9.17, 15) is 22.8 Å². The standard InChI is InChI=1S/C11H15F3O4/c1-5(2)8(15)17-6-7(11(12,13)14)10(3,4)18-9(6)16/h5-7H,1-4H3.